The predicted molar refractivity (Wildman–Crippen MR) is 108 cm³/mol. The number of ether oxygens (including phenoxy) is 2. The van der Waals surface area contributed by atoms with Gasteiger partial charge in [-0.05, 0) is 31.2 Å². The van der Waals surface area contributed by atoms with Crippen LogP contribution in [-0.4, -0.2) is 36.8 Å². The molecule has 0 bridgehead atoms. The van der Waals surface area contributed by atoms with Crippen molar-refractivity contribution in [3.8, 4) is 5.75 Å². The van der Waals surface area contributed by atoms with E-state index in [4.69, 9.17) is 15.2 Å². The number of hydrogen-bond donors (Lipinski definition) is 2. The molecule has 3 N–H and O–H groups in total. The maximum absolute atomic E-state index is 14.4. The van der Waals surface area contributed by atoms with E-state index in [-0.39, 0.29) is 11.3 Å². The molecule has 184 valence electrons. The smallest absolute Gasteiger partial charge is 0.417 e. The van der Waals surface area contributed by atoms with Crippen LogP contribution in [0.1, 0.15) is 35.7 Å². The number of halogens is 6. The molecule has 6 nitrogen and oxygen atoms in total. The maximum atomic E-state index is 14.4. The second kappa shape index (κ2) is 8.82. The van der Waals surface area contributed by atoms with Gasteiger partial charge in [0.05, 0.1) is 12.7 Å². The summed E-state index contributed by atoms with van der Waals surface area (Å²) in [5, 5.41) is 2.26. The Labute approximate surface area is 190 Å². The summed E-state index contributed by atoms with van der Waals surface area (Å²) in [5.41, 5.74) is 1.32. The number of anilines is 1. The molecule has 2 aromatic rings. The summed E-state index contributed by atoms with van der Waals surface area (Å²) in [6, 6.07) is 4.53. The molecule has 0 unspecified atom stereocenters. The average Bonchev–Trinajstić information content (AvgIpc) is 3.03. The van der Waals surface area contributed by atoms with Crippen LogP contribution in [0.4, 0.5) is 32.0 Å². The second-order valence-electron chi connectivity index (χ2n) is 7.99. The van der Waals surface area contributed by atoms with Crippen molar-refractivity contribution >= 4 is 17.5 Å². The van der Waals surface area contributed by atoms with Crippen LogP contribution >= 0.6 is 0 Å². The number of carbonyl (C=O) groups excluding carboxylic acids is 2. The van der Waals surface area contributed by atoms with Gasteiger partial charge in [-0.15, -0.1) is 0 Å². The third-order valence-electron chi connectivity index (χ3n) is 6.07. The number of nitrogens with two attached hydrogens (primary N) is 1. The van der Waals surface area contributed by atoms with Crippen molar-refractivity contribution in [2.45, 2.75) is 37.6 Å². The Bertz CT molecular complexity index is 1140. The van der Waals surface area contributed by atoms with Gasteiger partial charge in [0, 0.05) is 23.1 Å². The summed E-state index contributed by atoms with van der Waals surface area (Å²) in [5.74, 6) is -9.46. The Balaban J connectivity index is 2.08. The topological polar surface area (TPSA) is 90.7 Å². The lowest BCUT2D eigenvalue weighted by Gasteiger charge is -2.32. The monoisotopic (exact) mass is 490 g/mol. The average molecular weight is 490 g/mol. The van der Waals surface area contributed by atoms with Gasteiger partial charge in [0.2, 0.25) is 5.82 Å². The van der Waals surface area contributed by atoms with Gasteiger partial charge in [-0.1, -0.05) is 13.0 Å². The Hall–Kier alpha value is -3.28. The zero-order chi connectivity index (χ0) is 25.6. The Morgan fingerprint density at radius 2 is 1.74 bits per heavy atom. The highest BCUT2D eigenvalue weighted by molar-refractivity contribution is 5.98. The molecular formula is C22H20F6N2O4. The van der Waals surface area contributed by atoms with E-state index >= 15 is 0 Å². The third kappa shape index (κ3) is 4.17. The van der Waals surface area contributed by atoms with Crippen molar-refractivity contribution in [2.24, 2.45) is 11.7 Å². The number of amides is 2. The number of primary amides is 1. The third-order valence-corrected chi connectivity index (χ3v) is 6.07. The fraction of sp³-hybridized carbons (Fsp3) is 0.364. The van der Waals surface area contributed by atoms with Crippen LogP contribution in [0.25, 0.3) is 0 Å². The zero-order valence-corrected chi connectivity index (χ0v) is 18.1. The van der Waals surface area contributed by atoms with Gasteiger partial charge in [-0.2, -0.15) is 17.6 Å². The van der Waals surface area contributed by atoms with E-state index in [0.717, 1.165) is 45.2 Å². The maximum Gasteiger partial charge on any atom is 0.417 e. The van der Waals surface area contributed by atoms with Crippen molar-refractivity contribution in [1.29, 1.82) is 0 Å². The lowest BCUT2D eigenvalue weighted by molar-refractivity contribution is -0.272. The predicted octanol–water partition coefficient (Wildman–Crippen LogP) is 4.29. The van der Waals surface area contributed by atoms with Crippen LogP contribution in [-0.2, 0) is 9.53 Å². The Morgan fingerprint density at radius 3 is 2.29 bits per heavy atom. The highest BCUT2D eigenvalue weighted by Gasteiger charge is 2.65. The number of rotatable bonds is 5. The minimum absolute atomic E-state index is 0.145. The largest absolute Gasteiger partial charge is 0.493 e. The van der Waals surface area contributed by atoms with Gasteiger partial charge in [0.25, 0.3) is 11.8 Å². The van der Waals surface area contributed by atoms with Crippen molar-refractivity contribution in [3.63, 3.8) is 0 Å². The van der Waals surface area contributed by atoms with Crippen LogP contribution in [0.15, 0.2) is 30.3 Å². The minimum atomic E-state index is -4.93. The molecule has 1 aliphatic rings. The van der Waals surface area contributed by atoms with Gasteiger partial charge >= 0.3 is 6.18 Å². The zero-order valence-electron chi connectivity index (χ0n) is 18.1. The second-order valence-corrected chi connectivity index (χ2v) is 7.99. The van der Waals surface area contributed by atoms with E-state index in [1.165, 1.54) is 0 Å². The van der Waals surface area contributed by atoms with E-state index in [0.29, 0.717) is 6.07 Å². The van der Waals surface area contributed by atoms with E-state index in [1.807, 2.05) is 0 Å². The van der Waals surface area contributed by atoms with Crippen molar-refractivity contribution in [3.05, 3.63) is 58.9 Å². The summed E-state index contributed by atoms with van der Waals surface area (Å²) >= 11 is 0. The Kier molecular flexibility index (Phi) is 6.57. The molecular weight excluding hydrogens is 470 g/mol. The van der Waals surface area contributed by atoms with Crippen LogP contribution in [0, 0.1) is 23.4 Å². The molecule has 0 saturated carbocycles. The van der Waals surface area contributed by atoms with Crippen LogP contribution in [0.2, 0.25) is 0 Å². The molecule has 3 rings (SSSR count). The molecule has 0 aliphatic carbocycles. The normalized spacial score (nSPS) is 24.7. The molecule has 1 aliphatic heterocycles. The lowest BCUT2D eigenvalue weighted by Crippen LogP contribution is -2.47. The first-order valence-electron chi connectivity index (χ1n) is 9.89. The van der Waals surface area contributed by atoms with Crippen LogP contribution < -0.4 is 15.8 Å². The van der Waals surface area contributed by atoms with Crippen LogP contribution in [0.5, 0.6) is 5.75 Å². The summed E-state index contributed by atoms with van der Waals surface area (Å²) < 4.78 is 93.8. The summed E-state index contributed by atoms with van der Waals surface area (Å²) in [6.45, 7) is 1.91. The number of carbonyl (C=O) groups is 2. The molecule has 1 fully saturated rings. The quantitative estimate of drug-likeness (QED) is 0.612. The fourth-order valence-corrected chi connectivity index (χ4v) is 4.05. The van der Waals surface area contributed by atoms with Gasteiger partial charge in [-0.3, -0.25) is 9.59 Å². The summed E-state index contributed by atoms with van der Waals surface area (Å²) in [7, 11) is 1.00. The number of methoxy groups -OCH3 is 1. The van der Waals surface area contributed by atoms with Crippen LogP contribution in [0.3, 0.4) is 0 Å². The van der Waals surface area contributed by atoms with Gasteiger partial charge in [0.1, 0.15) is 11.9 Å². The minimum Gasteiger partial charge on any atom is -0.493 e. The molecule has 2 amide bonds. The first-order chi connectivity index (χ1) is 15.7. The molecule has 1 heterocycles. The summed E-state index contributed by atoms with van der Waals surface area (Å²) in [6.07, 6.45) is -6.77. The molecule has 34 heavy (non-hydrogen) atoms. The van der Waals surface area contributed by atoms with Gasteiger partial charge in [0.15, 0.2) is 17.2 Å². The number of benzene rings is 2. The van der Waals surface area contributed by atoms with E-state index in [9.17, 15) is 35.9 Å². The first-order valence-corrected chi connectivity index (χ1v) is 9.89. The highest BCUT2D eigenvalue weighted by atomic mass is 19.4. The molecule has 1 saturated heterocycles. The highest BCUT2D eigenvalue weighted by Crippen LogP contribution is 2.55. The van der Waals surface area contributed by atoms with E-state index in [1.54, 1.807) is 0 Å². The van der Waals surface area contributed by atoms with Crippen molar-refractivity contribution < 1.29 is 45.4 Å². The lowest BCUT2D eigenvalue weighted by atomic mass is 9.77. The number of hydrogen-bond acceptors (Lipinski definition) is 4. The molecule has 0 aromatic heterocycles. The fourth-order valence-electron chi connectivity index (χ4n) is 4.05. The standard InChI is InChI=1S/C22H20F6N2O4/c1-9-15(11-5-7-14(24)16(25)17(11)33-3)18(34-21(9,2)22(26,27)28)20(32)30-10-4-6-13(23)12(8-10)19(29)31/h4-9,15,18H,1-3H3,(H2,29,31)(H,30,32)/t9-,15-,18-,21+/m1/s1. The molecule has 2 aromatic carbocycles. The van der Waals surface area contributed by atoms with Gasteiger partial charge in [-0.25, -0.2) is 8.78 Å². The van der Waals surface area contributed by atoms with E-state index in [2.05, 4.69) is 5.32 Å². The first kappa shape index (κ1) is 25.3. The van der Waals surface area contributed by atoms with E-state index < -0.39 is 70.3 Å². The summed E-state index contributed by atoms with van der Waals surface area (Å²) in [4.78, 5) is 24.4. The molecule has 12 heteroatoms. The molecule has 0 radical (unpaired) electrons. The van der Waals surface area contributed by atoms with Crippen molar-refractivity contribution in [2.75, 3.05) is 12.4 Å². The molecule has 4 atom stereocenters. The number of alkyl halides is 3. The SMILES string of the molecule is COc1c([C@H]2[C@@H](C)[C@@](C)(C(F)(F)F)O[C@H]2C(=O)Nc2ccc(F)c(C(N)=O)c2)ccc(F)c1F. The van der Waals surface area contributed by atoms with Crippen molar-refractivity contribution in [1.82, 2.24) is 0 Å². The number of nitrogens with one attached hydrogen (secondary N) is 1. The molecule has 0 spiro atoms. The van der Waals surface area contributed by atoms with Gasteiger partial charge < -0.3 is 20.5 Å². The Morgan fingerprint density at radius 1 is 1.12 bits per heavy atom.